The summed E-state index contributed by atoms with van der Waals surface area (Å²) in [6, 6.07) is 0. The van der Waals surface area contributed by atoms with E-state index in [0.29, 0.717) is 0 Å². The van der Waals surface area contributed by atoms with Crippen LogP contribution in [0.5, 0.6) is 0 Å². The first-order valence-corrected chi connectivity index (χ1v) is 4.50. The van der Waals surface area contributed by atoms with Crippen LogP contribution in [-0.2, 0) is 0 Å². The Bertz CT molecular complexity index is 84.6. The molecule has 0 aliphatic carbocycles. The van der Waals surface area contributed by atoms with Crippen molar-refractivity contribution in [1.29, 1.82) is 0 Å². The molecule has 0 saturated carbocycles. The third kappa shape index (κ3) is 8.09. The fourth-order valence-corrected chi connectivity index (χ4v) is 1.41. The molecule has 0 amide bonds. The van der Waals surface area contributed by atoms with Gasteiger partial charge in [-0.15, -0.1) is 0 Å². The van der Waals surface area contributed by atoms with Crippen LogP contribution in [0, 0.1) is 5.92 Å². The van der Waals surface area contributed by atoms with Gasteiger partial charge in [-0.05, 0) is 18.6 Å². The van der Waals surface area contributed by atoms with Crippen LogP contribution in [0.25, 0.3) is 0 Å². The molecule has 0 nitrogen and oxygen atoms in total. The van der Waals surface area contributed by atoms with E-state index in [1.807, 2.05) is 11.8 Å². The van der Waals surface area contributed by atoms with Crippen molar-refractivity contribution >= 4 is 11.8 Å². The Morgan fingerprint density at radius 3 is 2.44 bits per heavy atom. The van der Waals surface area contributed by atoms with Crippen molar-refractivity contribution in [2.75, 3.05) is 11.5 Å². The Morgan fingerprint density at radius 1 is 1.56 bits per heavy atom. The highest BCUT2D eigenvalue weighted by Gasteiger charge is 1.92. The van der Waals surface area contributed by atoms with E-state index in [9.17, 15) is 0 Å². The smallest absolute Gasteiger partial charge is 0.0137 e. The van der Waals surface area contributed by atoms with Crippen LogP contribution in [0.1, 0.15) is 20.8 Å². The van der Waals surface area contributed by atoms with Crippen LogP contribution in [0.2, 0.25) is 0 Å². The Balaban J connectivity index is 3.01. The zero-order chi connectivity index (χ0) is 7.28. The maximum absolute atomic E-state index is 3.83. The Hall–Kier alpha value is 0.0900. The van der Waals surface area contributed by atoms with E-state index < -0.39 is 0 Å². The monoisotopic (exact) mass is 144 g/mol. The summed E-state index contributed by atoms with van der Waals surface area (Å²) in [5.74, 6) is 3.19. The first-order chi connectivity index (χ1) is 4.13. The maximum atomic E-state index is 3.83. The van der Waals surface area contributed by atoms with Crippen molar-refractivity contribution in [3.63, 3.8) is 0 Å². The van der Waals surface area contributed by atoms with Gasteiger partial charge in [-0.25, -0.2) is 0 Å². The summed E-state index contributed by atoms with van der Waals surface area (Å²) in [5.41, 5.74) is 1.28. The molecule has 1 heteroatoms. The molecule has 0 aliphatic heterocycles. The van der Waals surface area contributed by atoms with Gasteiger partial charge in [-0.3, -0.25) is 0 Å². The number of hydrogen-bond acceptors (Lipinski definition) is 1. The van der Waals surface area contributed by atoms with Crippen LogP contribution >= 0.6 is 11.8 Å². The molecule has 0 bridgehead atoms. The van der Waals surface area contributed by atoms with Gasteiger partial charge in [0.25, 0.3) is 0 Å². The molecule has 0 rings (SSSR count). The lowest BCUT2D eigenvalue weighted by atomic mass is 10.3. The predicted octanol–water partition coefficient (Wildman–Crippen LogP) is 2.95. The molecule has 0 aromatic rings. The summed E-state index contributed by atoms with van der Waals surface area (Å²) < 4.78 is 0. The minimum Gasteiger partial charge on any atom is -0.157 e. The molecule has 54 valence electrons. The second-order valence-electron chi connectivity index (χ2n) is 2.87. The summed E-state index contributed by atoms with van der Waals surface area (Å²) >= 11 is 1.97. The van der Waals surface area contributed by atoms with E-state index in [4.69, 9.17) is 0 Å². The van der Waals surface area contributed by atoms with E-state index in [0.717, 1.165) is 11.7 Å². The lowest BCUT2D eigenvalue weighted by Crippen LogP contribution is -1.91. The molecule has 0 aromatic carbocycles. The van der Waals surface area contributed by atoms with Crippen molar-refractivity contribution in [2.45, 2.75) is 20.8 Å². The fourth-order valence-electron chi connectivity index (χ4n) is 0.469. The first kappa shape index (κ1) is 9.09. The quantitative estimate of drug-likeness (QED) is 0.547. The Labute approximate surface area is 62.7 Å². The molecule has 0 heterocycles. The van der Waals surface area contributed by atoms with E-state index >= 15 is 0 Å². The molecular weight excluding hydrogens is 128 g/mol. The number of rotatable bonds is 4. The van der Waals surface area contributed by atoms with Gasteiger partial charge >= 0.3 is 0 Å². The van der Waals surface area contributed by atoms with Crippen LogP contribution in [0.4, 0.5) is 0 Å². The highest BCUT2D eigenvalue weighted by molar-refractivity contribution is 7.99. The minimum atomic E-state index is 0.814. The van der Waals surface area contributed by atoms with Gasteiger partial charge < -0.3 is 0 Å². The first-order valence-electron chi connectivity index (χ1n) is 3.35. The summed E-state index contributed by atoms with van der Waals surface area (Å²) in [5, 5.41) is 0. The van der Waals surface area contributed by atoms with Gasteiger partial charge in [-0.2, -0.15) is 11.8 Å². The third-order valence-corrected chi connectivity index (χ3v) is 2.40. The van der Waals surface area contributed by atoms with Gasteiger partial charge in [0.15, 0.2) is 0 Å². The van der Waals surface area contributed by atoms with E-state index in [-0.39, 0.29) is 0 Å². The van der Waals surface area contributed by atoms with Crippen molar-refractivity contribution in [3.8, 4) is 0 Å². The molecule has 0 N–H and O–H groups in total. The van der Waals surface area contributed by atoms with Crippen LogP contribution in [-0.4, -0.2) is 11.5 Å². The lowest BCUT2D eigenvalue weighted by molar-refractivity contribution is 0.750. The standard InChI is InChI=1S/C8H16S/c1-7(2)5-9-6-8(3)4/h8H,1,5-6H2,2-4H3. The molecule has 0 radical (unpaired) electrons. The molecule has 0 unspecified atom stereocenters. The molecule has 9 heavy (non-hydrogen) atoms. The highest BCUT2D eigenvalue weighted by Crippen LogP contribution is 2.09. The molecule has 0 aliphatic rings. The van der Waals surface area contributed by atoms with E-state index in [1.165, 1.54) is 11.3 Å². The summed E-state index contributed by atoms with van der Waals surface area (Å²) in [7, 11) is 0. The van der Waals surface area contributed by atoms with Crippen LogP contribution in [0.3, 0.4) is 0 Å². The zero-order valence-corrected chi connectivity index (χ0v) is 7.42. The number of hydrogen-bond donors (Lipinski definition) is 0. The zero-order valence-electron chi connectivity index (χ0n) is 6.61. The summed E-state index contributed by atoms with van der Waals surface area (Å²) in [6.07, 6.45) is 0. The second-order valence-corrected chi connectivity index (χ2v) is 3.90. The second kappa shape index (κ2) is 4.92. The normalized spacial score (nSPS) is 10.2. The Morgan fingerprint density at radius 2 is 2.11 bits per heavy atom. The molecule has 0 atom stereocenters. The minimum absolute atomic E-state index is 0.814. The predicted molar refractivity (Wildman–Crippen MR) is 47.0 cm³/mol. The number of thioether (sulfide) groups is 1. The molecule has 0 aromatic heterocycles. The molecular formula is C8H16S. The van der Waals surface area contributed by atoms with Gasteiger partial charge in [0.1, 0.15) is 0 Å². The molecule has 0 fully saturated rings. The average Bonchev–Trinajstić information content (AvgIpc) is 1.63. The van der Waals surface area contributed by atoms with Crippen molar-refractivity contribution in [2.24, 2.45) is 5.92 Å². The third-order valence-electron chi connectivity index (χ3n) is 0.800. The van der Waals surface area contributed by atoms with Gasteiger partial charge in [0.05, 0.1) is 0 Å². The Kier molecular flexibility index (Phi) is 4.97. The van der Waals surface area contributed by atoms with Gasteiger partial charge in [-0.1, -0.05) is 26.0 Å². The van der Waals surface area contributed by atoms with E-state index in [1.54, 1.807) is 0 Å². The summed E-state index contributed by atoms with van der Waals surface area (Å²) in [4.78, 5) is 0. The van der Waals surface area contributed by atoms with Gasteiger partial charge in [0, 0.05) is 5.75 Å². The maximum Gasteiger partial charge on any atom is 0.0137 e. The molecule has 0 saturated heterocycles. The van der Waals surface area contributed by atoms with E-state index in [2.05, 4.69) is 27.4 Å². The largest absolute Gasteiger partial charge is 0.157 e. The fraction of sp³-hybridized carbons (Fsp3) is 0.750. The van der Waals surface area contributed by atoms with Gasteiger partial charge in [0.2, 0.25) is 0 Å². The van der Waals surface area contributed by atoms with Crippen LogP contribution < -0.4 is 0 Å². The summed E-state index contributed by atoms with van der Waals surface area (Å²) in [6.45, 7) is 10.4. The highest BCUT2D eigenvalue weighted by atomic mass is 32.2. The average molecular weight is 144 g/mol. The molecule has 0 spiro atoms. The van der Waals surface area contributed by atoms with Crippen molar-refractivity contribution in [1.82, 2.24) is 0 Å². The lowest BCUT2D eigenvalue weighted by Gasteiger charge is -2.02. The van der Waals surface area contributed by atoms with Crippen molar-refractivity contribution in [3.05, 3.63) is 12.2 Å². The van der Waals surface area contributed by atoms with Crippen LogP contribution in [0.15, 0.2) is 12.2 Å². The SMILES string of the molecule is C=C(C)CSCC(C)C. The topological polar surface area (TPSA) is 0 Å². The van der Waals surface area contributed by atoms with Crippen molar-refractivity contribution < 1.29 is 0 Å².